The molecule has 1 aromatic carbocycles. The number of nitrogens with zero attached hydrogens (tertiary/aromatic N) is 1. The lowest BCUT2D eigenvalue weighted by Crippen LogP contribution is -2.16. The fourth-order valence-corrected chi connectivity index (χ4v) is 5.77. The molecule has 0 fully saturated rings. The Labute approximate surface area is 181 Å². The number of ether oxygens (including phenoxy) is 1. The summed E-state index contributed by atoms with van der Waals surface area (Å²) >= 11 is 8.79. The fourth-order valence-electron chi connectivity index (χ4n) is 3.50. The van der Waals surface area contributed by atoms with Gasteiger partial charge < -0.3 is 15.0 Å². The molecule has 1 atom stereocenters. The van der Waals surface area contributed by atoms with Gasteiger partial charge in [0.1, 0.15) is 10.6 Å². The number of thiophene rings is 1. The van der Waals surface area contributed by atoms with Crippen molar-refractivity contribution >= 4 is 56.5 Å². The van der Waals surface area contributed by atoms with Gasteiger partial charge in [0.15, 0.2) is 5.16 Å². The summed E-state index contributed by atoms with van der Waals surface area (Å²) < 4.78 is 5.24. The van der Waals surface area contributed by atoms with Crippen LogP contribution in [-0.4, -0.2) is 28.7 Å². The van der Waals surface area contributed by atoms with Crippen LogP contribution in [0.3, 0.4) is 0 Å². The van der Waals surface area contributed by atoms with E-state index in [1.54, 1.807) is 29.5 Å². The third kappa shape index (κ3) is 4.29. The molecule has 6 nitrogen and oxygen atoms in total. The maximum atomic E-state index is 12.6. The molecule has 2 aromatic heterocycles. The van der Waals surface area contributed by atoms with Crippen LogP contribution in [0.5, 0.6) is 5.75 Å². The zero-order valence-corrected chi connectivity index (χ0v) is 18.4. The van der Waals surface area contributed by atoms with Crippen molar-refractivity contribution in [2.24, 2.45) is 5.92 Å². The van der Waals surface area contributed by atoms with Gasteiger partial charge in [-0.05, 0) is 48.9 Å². The van der Waals surface area contributed by atoms with E-state index in [0.717, 1.165) is 35.0 Å². The van der Waals surface area contributed by atoms with Crippen molar-refractivity contribution in [1.29, 1.82) is 0 Å². The van der Waals surface area contributed by atoms with Crippen molar-refractivity contribution in [3.05, 3.63) is 44.0 Å². The normalized spacial score (nSPS) is 15.9. The third-order valence-corrected chi connectivity index (χ3v) is 7.18. The van der Waals surface area contributed by atoms with Crippen molar-refractivity contribution in [2.45, 2.75) is 31.3 Å². The number of methoxy groups -OCH3 is 1. The molecule has 0 radical (unpaired) electrons. The van der Waals surface area contributed by atoms with Gasteiger partial charge >= 0.3 is 0 Å². The van der Waals surface area contributed by atoms with Crippen LogP contribution >= 0.6 is 34.7 Å². The first kappa shape index (κ1) is 20.3. The van der Waals surface area contributed by atoms with Crippen molar-refractivity contribution in [3.63, 3.8) is 0 Å². The molecule has 29 heavy (non-hydrogen) atoms. The van der Waals surface area contributed by atoms with Crippen LogP contribution in [0.15, 0.2) is 28.2 Å². The molecule has 9 heteroatoms. The average molecular weight is 450 g/mol. The quantitative estimate of drug-likeness (QED) is 0.442. The number of anilines is 1. The largest absolute Gasteiger partial charge is 0.495 e. The second kappa shape index (κ2) is 8.38. The molecule has 3 aromatic rings. The zero-order chi connectivity index (χ0) is 20.5. The topological polar surface area (TPSA) is 84.1 Å². The second-order valence-corrected chi connectivity index (χ2v) is 9.57. The Bertz CT molecular complexity index is 1140. The van der Waals surface area contributed by atoms with E-state index in [1.165, 1.54) is 23.7 Å². The Morgan fingerprint density at radius 2 is 2.31 bits per heavy atom. The highest BCUT2D eigenvalue weighted by molar-refractivity contribution is 7.99. The number of carbonyl (C=O) groups is 1. The van der Waals surface area contributed by atoms with E-state index in [-0.39, 0.29) is 17.2 Å². The first-order valence-corrected chi connectivity index (χ1v) is 11.4. The Balaban J connectivity index is 1.49. The standard InChI is InChI=1S/C20H20ClN3O3S2/c1-10-3-5-12-15(7-10)29-19-17(12)18(26)23-20(24-19)28-9-16(25)22-13-8-11(21)4-6-14(13)27-2/h4,6,8,10H,3,5,7,9H2,1-2H3,(H,22,25)(H,23,24,26). The molecule has 0 spiro atoms. The van der Waals surface area contributed by atoms with Crippen LogP contribution in [0.4, 0.5) is 5.69 Å². The molecule has 1 amide bonds. The number of aryl methyl sites for hydroxylation is 1. The number of nitrogens with one attached hydrogen (secondary N) is 2. The minimum Gasteiger partial charge on any atom is -0.495 e. The summed E-state index contributed by atoms with van der Waals surface area (Å²) in [6, 6.07) is 5.01. The number of hydrogen-bond donors (Lipinski definition) is 2. The number of carbonyl (C=O) groups excluding carboxylic acids is 1. The summed E-state index contributed by atoms with van der Waals surface area (Å²) in [4.78, 5) is 34.4. The van der Waals surface area contributed by atoms with Crippen molar-refractivity contribution in [3.8, 4) is 5.75 Å². The van der Waals surface area contributed by atoms with E-state index >= 15 is 0 Å². The number of aromatic amines is 1. The fraction of sp³-hybridized carbons (Fsp3) is 0.350. The summed E-state index contributed by atoms with van der Waals surface area (Å²) in [6.45, 7) is 2.24. The average Bonchev–Trinajstić information content (AvgIpc) is 3.04. The van der Waals surface area contributed by atoms with Crippen LogP contribution < -0.4 is 15.6 Å². The molecular formula is C20H20ClN3O3S2. The molecule has 0 saturated carbocycles. The smallest absolute Gasteiger partial charge is 0.260 e. The number of hydrogen-bond acceptors (Lipinski definition) is 6. The first-order valence-electron chi connectivity index (χ1n) is 9.25. The number of fused-ring (bicyclic) bond motifs is 3. The Morgan fingerprint density at radius 3 is 3.10 bits per heavy atom. The molecule has 0 saturated heterocycles. The van der Waals surface area contributed by atoms with Gasteiger partial charge in [-0.15, -0.1) is 11.3 Å². The molecule has 0 bridgehead atoms. The molecule has 0 aliphatic heterocycles. The number of H-pyrrole nitrogens is 1. The SMILES string of the molecule is COc1ccc(Cl)cc1NC(=O)CSc1nc2sc3c(c2c(=O)[nH]1)CCC(C)C3. The van der Waals surface area contributed by atoms with Crippen LogP contribution in [0.25, 0.3) is 10.2 Å². The summed E-state index contributed by atoms with van der Waals surface area (Å²) in [5.74, 6) is 1.03. The Hall–Kier alpha value is -2.03. The van der Waals surface area contributed by atoms with E-state index in [0.29, 0.717) is 27.5 Å². The van der Waals surface area contributed by atoms with Crippen LogP contribution in [0, 0.1) is 5.92 Å². The van der Waals surface area contributed by atoms with E-state index in [1.807, 2.05) is 0 Å². The minimum absolute atomic E-state index is 0.103. The zero-order valence-electron chi connectivity index (χ0n) is 16.0. The van der Waals surface area contributed by atoms with E-state index in [9.17, 15) is 9.59 Å². The monoisotopic (exact) mass is 449 g/mol. The lowest BCUT2D eigenvalue weighted by molar-refractivity contribution is -0.113. The molecule has 1 aliphatic rings. The first-order chi connectivity index (χ1) is 13.9. The Kier molecular flexibility index (Phi) is 5.85. The Morgan fingerprint density at radius 1 is 1.48 bits per heavy atom. The van der Waals surface area contributed by atoms with Gasteiger partial charge in [-0.25, -0.2) is 4.98 Å². The lowest BCUT2D eigenvalue weighted by Gasteiger charge is -2.17. The molecule has 1 aliphatic carbocycles. The maximum absolute atomic E-state index is 12.6. The highest BCUT2D eigenvalue weighted by Gasteiger charge is 2.23. The van der Waals surface area contributed by atoms with Crippen LogP contribution in [0.1, 0.15) is 23.8 Å². The number of benzene rings is 1. The number of thioether (sulfide) groups is 1. The highest BCUT2D eigenvalue weighted by atomic mass is 35.5. The van der Waals surface area contributed by atoms with E-state index in [4.69, 9.17) is 16.3 Å². The van der Waals surface area contributed by atoms with Crippen LogP contribution in [-0.2, 0) is 17.6 Å². The summed E-state index contributed by atoms with van der Waals surface area (Å²) in [5, 5.41) is 4.45. The van der Waals surface area contributed by atoms with Gasteiger partial charge in [-0.3, -0.25) is 9.59 Å². The molecule has 2 heterocycles. The van der Waals surface area contributed by atoms with E-state index < -0.39 is 0 Å². The van der Waals surface area contributed by atoms with Gasteiger partial charge in [0, 0.05) is 9.90 Å². The molecule has 152 valence electrons. The third-order valence-electron chi connectivity index (χ3n) is 4.92. The number of aromatic nitrogens is 2. The summed E-state index contributed by atoms with van der Waals surface area (Å²) in [7, 11) is 1.53. The molecule has 2 N–H and O–H groups in total. The summed E-state index contributed by atoms with van der Waals surface area (Å²) in [5.41, 5.74) is 1.53. The predicted molar refractivity (Wildman–Crippen MR) is 119 cm³/mol. The number of rotatable bonds is 5. The van der Waals surface area contributed by atoms with Gasteiger partial charge in [0.2, 0.25) is 5.91 Å². The molecular weight excluding hydrogens is 430 g/mol. The van der Waals surface area contributed by atoms with Crippen molar-refractivity contribution < 1.29 is 9.53 Å². The van der Waals surface area contributed by atoms with E-state index in [2.05, 4.69) is 22.2 Å². The van der Waals surface area contributed by atoms with Gasteiger partial charge in [0.05, 0.1) is 23.9 Å². The number of halogens is 1. The summed E-state index contributed by atoms with van der Waals surface area (Å²) in [6.07, 6.45) is 3.03. The minimum atomic E-state index is -0.238. The van der Waals surface area contributed by atoms with Crippen molar-refractivity contribution in [1.82, 2.24) is 9.97 Å². The second-order valence-electron chi connectivity index (χ2n) is 7.08. The van der Waals surface area contributed by atoms with Crippen LogP contribution in [0.2, 0.25) is 5.02 Å². The van der Waals surface area contributed by atoms with Crippen molar-refractivity contribution in [2.75, 3.05) is 18.2 Å². The van der Waals surface area contributed by atoms with Gasteiger partial charge in [-0.2, -0.15) is 0 Å². The van der Waals surface area contributed by atoms with Gasteiger partial charge in [0.25, 0.3) is 5.56 Å². The maximum Gasteiger partial charge on any atom is 0.260 e. The molecule has 1 unspecified atom stereocenters. The molecule has 4 rings (SSSR count). The predicted octanol–water partition coefficient (Wildman–Crippen LogP) is 4.50. The lowest BCUT2D eigenvalue weighted by atomic mass is 9.89. The highest BCUT2D eigenvalue weighted by Crippen LogP contribution is 2.36. The van der Waals surface area contributed by atoms with Gasteiger partial charge in [-0.1, -0.05) is 30.3 Å². The number of amides is 1.